The summed E-state index contributed by atoms with van der Waals surface area (Å²) in [6, 6.07) is 11.0. The number of nitro groups is 1. The Hall–Kier alpha value is -2.93. The van der Waals surface area contributed by atoms with Gasteiger partial charge in [0.2, 0.25) is 0 Å². The van der Waals surface area contributed by atoms with Crippen molar-refractivity contribution in [2.24, 2.45) is 5.10 Å². The highest BCUT2D eigenvalue weighted by atomic mass is 35.5. The van der Waals surface area contributed by atoms with E-state index in [0.717, 1.165) is 11.6 Å². The molecule has 1 amide bonds. The van der Waals surface area contributed by atoms with E-state index in [4.69, 9.17) is 16.3 Å². The van der Waals surface area contributed by atoms with Gasteiger partial charge in [0.25, 0.3) is 11.6 Å². The number of hydrogen-bond donors (Lipinski definition) is 1. The van der Waals surface area contributed by atoms with Crippen LogP contribution in [0.25, 0.3) is 0 Å². The second-order valence-corrected chi connectivity index (χ2v) is 5.20. The second kappa shape index (κ2) is 7.56. The van der Waals surface area contributed by atoms with Crippen molar-refractivity contribution in [3.63, 3.8) is 0 Å². The minimum atomic E-state index is -0.648. The van der Waals surface area contributed by atoms with E-state index >= 15 is 0 Å². The number of hydrazone groups is 1. The van der Waals surface area contributed by atoms with Gasteiger partial charge in [-0.2, -0.15) is 5.10 Å². The molecule has 2 aromatic carbocycles. The number of halogens is 1. The van der Waals surface area contributed by atoms with Crippen molar-refractivity contribution in [1.82, 2.24) is 5.43 Å². The van der Waals surface area contributed by atoms with Gasteiger partial charge in [-0.15, -0.1) is 0 Å². The molecule has 2 rings (SSSR count). The maximum atomic E-state index is 12.1. The summed E-state index contributed by atoms with van der Waals surface area (Å²) in [5.74, 6) is 0.145. The molecule has 0 heterocycles. The number of hydrogen-bond acceptors (Lipinski definition) is 5. The molecule has 0 aliphatic heterocycles. The number of ether oxygens (including phenoxy) is 1. The summed E-state index contributed by atoms with van der Waals surface area (Å²) < 4.78 is 5.07. The molecule has 0 aliphatic rings. The van der Waals surface area contributed by atoms with Crippen molar-refractivity contribution >= 4 is 28.9 Å². The van der Waals surface area contributed by atoms with E-state index < -0.39 is 10.8 Å². The first-order chi connectivity index (χ1) is 11.4. The highest BCUT2D eigenvalue weighted by molar-refractivity contribution is 6.32. The number of carbonyl (C=O) groups excluding carboxylic acids is 1. The minimum absolute atomic E-state index is 0.0329. The third-order valence-electron chi connectivity index (χ3n) is 3.24. The molecule has 0 saturated heterocycles. The molecule has 124 valence electrons. The summed E-state index contributed by atoms with van der Waals surface area (Å²) in [5, 5.41) is 14.8. The van der Waals surface area contributed by atoms with Gasteiger partial charge in [0.1, 0.15) is 10.8 Å². The lowest BCUT2D eigenvalue weighted by Gasteiger charge is -2.05. The summed E-state index contributed by atoms with van der Waals surface area (Å²) in [5.41, 5.74) is 3.51. The Morgan fingerprint density at radius 1 is 1.21 bits per heavy atom. The minimum Gasteiger partial charge on any atom is -0.497 e. The highest BCUT2D eigenvalue weighted by Gasteiger charge is 2.16. The van der Waals surface area contributed by atoms with Crippen LogP contribution in [0.4, 0.5) is 5.69 Å². The van der Waals surface area contributed by atoms with Crippen molar-refractivity contribution < 1.29 is 14.5 Å². The normalized spacial score (nSPS) is 11.0. The van der Waals surface area contributed by atoms with Gasteiger partial charge in [0, 0.05) is 11.6 Å². The molecule has 0 fully saturated rings. The summed E-state index contributed by atoms with van der Waals surface area (Å²) in [6.07, 6.45) is 0. The Kier molecular flexibility index (Phi) is 5.49. The van der Waals surface area contributed by atoms with E-state index in [2.05, 4.69) is 10.5 Å². The van der Waals surface area contributed by atoms with Gasteiger partial charge in [-0.05, 0) is 48.9 Å². The SMILES string of the molecule is COc1ccc(/C(C)=N\NC(=O)c2ccc(Cl)c([N+](=O)[O-])c2)cc1. The van der Waals surface area contributed by atoms with Crippen LogP contribution in [-0.4, -0.2) is 23.7 Å². The maximum Gasteiger partial charge on any atom is 0.288 e. The van der Waals surface area contributed by atoms with Gasteiger partial charge in [0.15, 0.2) is 0 Å². The zero-order chi connectivity index (χ0) is 17.7. The molecular weight excluding hydrogens is 334 g/mol. The number of nitrogens with one attached hydrogen (secondary N) is 1. The third kappa shape index (κ3) is 4.08. The summed E-state index contributed by atoms with van der Waals surface area (Å²) in [4.78, 5) is 22.3. The molecule has 0 aliphatic carbocycles. The second-order valence-electron chi connectivity index (χ2n) is 4.79. The molecule has 0 radical (unpaired) electrons. The van der Waals surface area contributed by atoms with Crippen LogP contribution in [0.3, 0.4) is 0 Å². The molecule has 0 saturated carbocycles. The van der Waals surface area contributed by atoms with Gasteiger partial charge in [-0.3, -0.25) is 14.9 Å². The Morgan fingerprint density at radius 3 is 2.42 bits per heavy atom. The van der Waals surface area contributed by atoms with Crippen LogP contribution in [0.5, 0.6) is 5.75 Å². The molecule has 0 aromatic heterocycles. The summed E-state index contributed by atoms with van der Waals surface area (Å²) in [6.45, 7) is 1.73. The highest BCUT2D eigenvalue weighted by Crippen LogP contribution is 2.25. The van der Waals surface area contributed by atoms with Crippen LogP contribution < -0.4 is 10.2 Å². The van der Waals surface area contributed by atoms with Crippen molar-refractivity contribution in [2.45, 2.75) is 6.92 Å². The number of methoxy groups -OCH3 is 1. The van der Waals surface area contributed by atoms with Gasteiger partial charge >= 0.3 is 0 Å². The van der Waals surface area contributed by atoms with E-state index in [9.17, 15) is 14.9 Å². The standard InChI is InChI=1S/C16H14ClN3O4/c1-10(11-3-6-13(24-2)7-4-11)18-19-16(21)12-5-8-14(17)15(9-12)20(22)23/h3-9H,1-2H3,(H,19,21)/b18-10-. The van der Waals surface area contributed by atoms with Crippen molar-refractivity contribution in [1.29, 1.82) is 0 Å². The zero-order valence-corrected chi connectivity index (χ0v) is 13.7. The monoisotopic (exact) mass is 347 g/mol. The van der Waals surface area contributed by atoms with Gasteiger partial charge in [-0.25, -0.2) is 5.43 Å². The van der Waals surface area contributed by atoms with Crippen LogP contribution in [0.2, 0.25) is 5.02 Å². The number of nitrogens with zero attached hydrogens (tertiary/aromatic N) is 2. The molecule has 7 nitrogen and oxygen atoms in total. The zero-order valence-electron chi connectivity index (χ0n) is 12.9. The molecule has 1 N–H and O–H groups in total. The predicted octanol–water partition coefficient (Wildman–Crippen LogP) is 3.41. The first-order valence-corrected chi connectivity index (χ1v) is 7.23. The van der Waals surface area contributed by atoms with Crippen LogP contribution in [0.15, 0.2) is 47.6 Å². The van der Waals surface area contributed by atoms with Crippen LogP contribution in [-0.2, 0) is 0 Å². The molecular formula is C16H14ClN3O4. The molecule has 2 aromatic rings. The maximum absolute atomic E-state index is 12.1. The topological polar surface area (TPSA) is 93.8 Å². The smallest absolute Gasteiger partial charge is 0.288 e. The number of amides is 1. The van der Waals surface area contributed by atoms with E-state index in [0.29, 0.717) is 11.5 Å². The fourth-order valence-electron chi connectivity index (χ4n) is 1.89. The number of nitro benzene ring substituents is 1. The molecule has 0 spiro atoms. The first kappa shape index (κ1) is 17.4. The van der Waals surface area contributed by atoms with Crippen LogP contribution >= 0.6 is 11.6 Å². The molecule has 0 bridgehead atoms. The first-order valence-electron chi connectivity index (χ1n) is 6.85. The average molecular weight is 348 g/mol. The van der Waals surface area contributed by atoms with Gasteiger partial charge in [0.05, 0.1) is 17.7 Å². The van der Waals surface area contributed by atoms with Crippen LogP contribution in [0.1, 0.15) is 22.8 Å². The van der Waals surface area contributed by atoms with Crippen LogP contribution in [0, 0.1) is 10.1 Å². The largest absolute Gasteiger partial charge is 0.497 e. The molecule has 0 atom stereocenters. The molecule has 8 heteroatoms. The lowest BCUT2D eigenvalue weighted by molar-refractivity contribution is -0.384. The average Bonchev–Trinajstić information content (AvgIpc) is 2.59. The van der Waals surface area contributed by atoms with E-state index in [1.807, 2.05) is 0 Å². The van der Waals surface area contributed by atoms with E-state index in [1.165, 1.54) is 12.1 Å². The molecule has 24 heavy (non-hydrogen) atoms. The number of benzene rings is 2. The number of carbonyl (C=O) groups is 1. The van der Waals surface area contributed by atoms with E-state index in [-0.39, 0.29) is 16.3 Å². The van der Waals surface area contributed by atoms with Crippen molar-refractivity contribution in [2.75, 3.05) is 7.11 Å². The van der Waals surface area contributed by atoms with Gasteiger partial charge in [-0.1, -0.05) is 11.6 Å². The van der Waals surface area contributed by atoms with E-state index in [1.54, 1.807) is 38.3 Å². The quantitative estimate of drug-likeness (QED) is 0.509. The lowest BCUT2D eigenvalue weighted by Crippen LogP contribution is -2.19. The van der Waals surface area contributed by atoms with Crippen molar-refractivity contribution in [3.05, 3.63) is 68.7 Å². The van der Waals surface area contributed by atoms with Crippen molar-refractivity contribution in [3.8, 4) is 5.75 Å². The lowest BCUT2D eigenvalue weighted by atomic mass is 10.1. The fraction of sp³-hybridized carbons (Fsp3) is 0.125. The summed E-state index contributed by atoms with van der Waals surface area (Å²) in [7, 11) is 1.57. The Morgan fingerprint density at radius 2 is 1.83 bits per heavy atom. The van der Waals surface area contributed by atoms with Gasteiger partial charge < -0.3 is 4.74 Å². The fourth-order valence-corrected chi connectivity index (χ4v) is 2.08. The molecule has 0 unspecified atom stereocenters. The Labute approximate surface area is 143 Å². The third-order valence-corrected chi connectivity index (χ3v) is 3.56. The Bertz CT molecular complexity index is 803. The summed E-state index contributed by atoms with van der Waals surface area (Å²) >= 11 is 5.72. The number of rotatable bonds is 5. The predicted molar refractivity (Wildman–Crippen MR) is 90.8 cm³/mol. The Balaban J connectivity index is 2.14.